The van der Waals surface area contributed by atoms with Crippen molar-refractivity contribution in [3.63, 3.8) is 0 Å². The Hall–Kier alpha value is -6.67. The summed E-state index contributed by atoms with van der Waals surface area (Å²) in [6.07, 6.45) is 1.79. The Morgan fingerprint density at radius 1 is 0.967 bits per heavy atom. The van der Waals surface area contributed by atoms with Gasteiger partial charge in [0.25, 0.3) is 17.4 Å². The second kappa shape index (κ2) is 15.2. The second-order valence-corrected chi connectivity index (χ2v) is 17.1. The fourth-order valence-corrected chi connectivity index (χ4v) is 9.15. The van der Waals surface area contributed by atoms with Gasteiger partial charge in [-0.25, -0.2) is 4.68 Å². The summed E-state index contributed by atoms with van der Waals surface area (Å²) < 4.78 is 8.93. The highest BCUT2D eigenvalue weighted by Gasteiger charge is 2.64. The Balaban J connectivity index is 0.885. The van der Waals surface area contributed by atoms with Crippen LogP contribution in [0.2, 0.25) is 5.02 Å². The highest BCUT2D eigenvalue weighted by Crippen LogP contribution is 2.55. The number of imide groups is 1. The zero-order valence-corrected chi connectivity index (χ0v) is 34.1. The Kier molecular flexibility index (Phi) is 10.1. The van der Waals surface area contributed by atoms with Gasteiger partial charge in [0, 0.05) is 66.7 Å². The summed E-state index contributed by atoms with van der Waals surface area (Å²) in [5.41, 5.74) is 7.12. The molecule has 2 aromatic heterocycles. The minimum atomic E-state index is -1.02. The number of nitrogens with zero attached hydrogens (tertiary/aromatic N) is 9. The number of likely N-dealkylation sites (tertiary alicyclic amines) is 1. The van der Waals surface area contributed by atoms with E-state index in [1.165, 1.54) is 0 Å². The van der Waals surface area contributed by atoms with Gasteiger partial charge in [-0.05, 0) is 61.0 Å². The number of aromatic nitrogens is 6. The van der Waals surface area contributed by atoms with Gasteiger partial charge in [0.1, 0.15) is 29.5 Å². The normalized spacial score (nSPS) is 20.9. The van der Waals surface area contributed by atoms with Crippen molar-refractivity contribution in [2.75, 3.05) is 24.5 Å². The van der Waals surface area contributed by atoms with Crippen molar-refractivity contribution in [2.45, 2.75) is 65.1 Å². The van der Waals surface area contributed by atoms with Gasteiger partial charge in [0.2, 0.25) is 11.8 Å². The van der Waals surface area contributed by atoms with Gasteiger partial charge in [0.15, 0.2) is 0 Å². The van der Waals surface area contributed by atoms with Gasteiger partial charge in [-0.2, -0.15) is 9.94 Å². The number of rotatable bonds is 11. The van der Waals surface area contributed by atoms with E-state index in [0.29, 0.717) is 51.9 Å². The molecular formula is C42H42ClN11O6. The van der Waals surface area contributed by atoms with Crippen LogP contribution in [0.15, 0.2) is 71.7 Å². The number of fused-ring (bicyclic) bond motifs is 1. The fraction of sp³-hybridized carbons (Fsp3) is 0.381. The third-order valence-electron chi connectivity index (χ3n) is 12.1. The van der Waals surface area contributed by atoms with Crippen molar-refractivity contribution in [3.05, 3.63) is 99.1 Å². The Morgan fingerprint density at radius 3 is 2.37 bits per heavy atom. The first kappa shape index (κ1) is 40.1. The molecule has 4 heterocycles. The molecule has 1 atom stereocenters. The molecule has 3 N–H and O–H groups in total. The van der Waals surface area contributed by atoms with Gasteiger partial charge < -0.3 is 20.7 Å². The van der Waals surface area contributed by atoms with Gasteiger partial charge in [-0.3, -0.25) is 28.9 Å². The van der Waals surface area contributed by atoms with Crippen LogP contribution in [0.5, 0.6) is 5.75 Å². The molecule has 18 heteroatoms. The van der Waals surface area contributed by atoms with Crippen LogP contribution in [0.3, 0.4) is 0 Å². The molecule has 8 rings (SSSR count). The minimum absolute atomic E-state index is 0.0167. The van der Waals surface area contributed by atoms with Crippen LogP contribution in [0.4, 0.5) is 5.69 Å². The van der Waals surface area contributed by atoms with Crippen molar-refractivity contribution in [1.29, 1.82) is 5.26 Å². The number of nitriles is 1. The molecule has 0 spiro atoms. The first-order chi connectivity index (χ1) is 28.6. The number of primary amides is 1. The number of benzene rings is 3. The third-order valence-corrected chi connectivity index (χ3v) is 12.4. The van der Waals surface area contributed by atoms with Gasteiger partial charge in [-0.1, -0.05) is 49.7 Å². The number of amides is 4. The smallest absolute Gasteiger partial charge is 0.278 e. The van der Waals surface area contributed by atoms with Crippen molar-refractivity contribution in [2.24, 2.45) is 22.5 Å². The van der Waals surface area contributed by atoms with E-state index in [1.54, 1.807) is 71.5 Å². The molecule has 0 radical (unpaired) electrons. The van der Waals surface area contributed by atoms with Crippen LogP contribution >= 0.6 is 11.6 Å². The van der Waals surface area contributed by atoms with Gasteiger partial charge in [-0.15, -0.1) is 10.2 Å². The average Bonchev–Trinajstić information content (AvgIpc) is 3.68. The maximum absolute atomic E-state index is 13.7. The Labute approximate surface area is 349 Å². The predicted octanol–water partition coefficient (Wildman–Crippen LogP) is 3.36. The molecule has 3 aromatic carbocycles. The standard InChI is InChI=1S/C42H42ClN11O6/c1-41(2)39(42(3,4)40(41)60-29-11-7-24(19-44)31(43)18-29)46-36(57)23-5-8-27(9-6-23)53-22-26(47-49-53)15-16-52-34(55)14-13-33(38(52)59)54-37(58)30-17-28(10-12-32(30)48-50-54)51-20-25(21-51)35(45)56/h5-12,17-18,22,25,33,39-40H,13-16,20-21H2,1-4H3,(H2,45,56)(H,46,57). The highest BCUT2D eigenvalue weighted by molar-refractivity contribution is 6.31. The lowest BCUT2D eigenvalue weighted by molar-refractivity contribution is -0.164. The largest absolute Gasteiger partial charge is 0.489 e. The number of anilines is 1. The number of nitrogens with one attached hydrogen (secondary N) is 1. The molecular weight excluding hydrogens is 790 g/mol. The lowest BCUT2D eigenvalue weighted by Gasteiger charge is -2.63. The molecule has 2 aliphatic heterocycles. The maximum atomic E-state index is 13.7. The number of carbonyl (C=O) groups is 4. The highest BCUT2D eigenvalue weighted by atomic mass is 35.5. The molecule has 60 heavy (non-hydrogen) atoms. The topological polar surface area (TPSA) is 224 Å². The molecule has 3 aliphatic rings. The number of carbonyl (C=O) groups excluding carboxylic acids is 4. The molecule has 5 aromatic rings. The Bertz CT molecular complexity index is 2650. The maximum Gasteiger partial charge on any atom is 0.278 e. The second-order valence-electron chi connectivity index (χ2n) is 16.7. The van der Waals surface area contributed by atoms with Crippen molar-refractivity contribution >= 4 is 51.8 Å². The SMILES string of the molecule is CC1(C)C(NC(=O)c2ccc(-n3cc(CCN4C(=O)CCC(n5nnc6ccc(N7CC(C(N)=O)C7)cc6c5=O)C4=O)nn3)cc2)C(C)(C)C1Oc1ccc(C#N)c(Cl)c1. The summed E-state index contributed by atoms with van der Waals surface area (Å²) >= 11 is 6.23. The molecule has 17 nitrogen and oxygen atoms in total. The predicted molar refractivity (Wildman–Crippen MR) is 218 cm³/mol. The number of hydrogen-bond donors (Lipinski definition) is 2. The third kappa shape index (κ3) is 7.10. The molecule has 1 saturated carbocycles. The summed E-state index contributed by atoms with van der Waals surface area (Å²) in [5.74, 6) is -1.24. The molecule has 0 bridgehead atoms. The molecule has 3 fully saturated rings. The number of hydrogen-bond acceptors (Lipinski definition) is 12. The van der Waals surface area contributed by atoms with E-state index in [4.69, 9.17) is 22.1 Å². The first-order valence-corrected chi connectivity index (χ1v) is 19.9. The van der Waals surface area contributed by atoms with E-state index in [0.717, 1.165) is 15.3 Å². The monoisotopic (exact) mass is 831 g/mol. The van der Waals surface area contributed by atoms with Crippen LogP contribution in [-0.2, 0) is 20.8 Å². The molecule has 308 valence electrons. The minimum Gasteiger partial charge on any atom is -0.489 e. The summed E-state index contributed by atoms with van der Waals surface area (Å²) in [5, 5.41) is 29.7. The molecule has 4 amide bonds. The van der Waals surface area contributed by atoms with E-state index in [1.807, 2.05) is 38.7 Å². The van der Waals surface area contributed by atoms with Crippen LogP contribution in [-0.4, -0.2) is 90.3 Å². The summed E-state index contributed by atoms with van der Waals surface area (Å²) in [7, 11) is 0. The summed E-state index contributed by atoms with van der Waals surface area (Å²) in [6.45, 7) is 9.06. The average molecular weight is 832 g/mol. The molecule has 1 aliphatic carbocycles. The van der Waals surface area contributed by atoms with E-state index in [9.17, 15) is 29.2 Å². The van der Waals surface area contributed by atoms with Crippen LogP contribution in [0, 0.1) is 28.1 Å². The van der Waals surface area contributed by atoms with E-state index >= 15 is 0 Å². The van der Waals surface area contributed by atoms with Crippen LogP contribution in [0.1, 0.15) is 68.2 Å². The van der Waals surface area contributed by atoms with Crippen LogP contribution in [0.25, 0.3) is 16.6 Å². The van der Waals surface area contributed by atoms with E-state index < -0.39 is 28.3 Å². The zero-order valence-electron chi connectivity index (χ0n) is 33.3. The number of ether oxygens (including phenoxy) is 1. The lowest BCUT2D eigenvalue weighted by atomic mass is 9.49. The summed E-state index contributed by atoms with van der Waals surface area (Å²) in [4.78, 5) is 68.4. The van der Waals surface area contributed by atoms with Crippen molar-refractivity contribution in [3.8, 4) is 17.5 Å². The van der Waals surface area contributed by atoms with Crippen LogP contribution < -0.4 is 26.2 Å². The van der Waals surface area contributed by atoms with Gasteiger partial charge >= 0.3 is 0 Å². The van der Waals surface area contributed by atoms with Crippen molar-refractivity contribution < 1.29 is 23.9 Å². The first-order valence-electron chi connectivity index (χ1n) is 19.5. The van der Waals surface area contributed by atoms with E-state index in [2.05, 4.69) is 25.9 Å². The molecule has 2 saturated heterocycles. The number of halogens is 1. The van der Waals surface area contributed by atoms with E-state index in [-0.39, 0.29) is 67.0 Å². The Morgan fingerprint density at radius 2 is 1.68 bits per heavy atom. The summed E-state index contributed by atoms with van der Waals surface area (Å²) in [6, 6.07) is 17.8. The van der Waals surface area contributed by atoms with Crippen molar-refractivity contribution in [1.82, 2.24) is 40.2 Å². The quantitative estimate of drug-likeness (QED) is 0.183. The fourth-order valence-electron chi connectivity index (χ4n) is 8.94. The lowest BCUT2D eigenvalue weighted by Crippen LogP contribution is -2.74. The van der Waals surface area contributed by atoms with Gasteiger partial charge in [0.05, 0.1) is 39.5 Å². The molecule has 1 unspecified atom stereocenters. The zero-order chi connectivity index (χ0) is 42.7. The number of nitrogens with two attached hydrogens (primary N) is 1. The number of piperidine rings is 1.